The van der Waals surface area contributed by atoms with Crippen LogP contribution in [0.3, 0.4) is 0 Å². The maximum Gasteiger partial charge on any atom is 0.251 e. The Balaban J connectivity index is 1.93. The van der Waals surface area contributed by atoms with Crippen molar-refractivity contribution in [3.8, 4) is 23.0 Å². The fraction of sp³-hybridized carbons (Fsp3) is 0.188. The molecule has 2 amide bonds. The van der Waals surface area contributed by atoms with E-state index in [2.05, 4.69) is 10.6 Å². The molecular formula is C32H32N2O6. The fourth-order valence-electron chi connectivity index (χ4n) is 4.47. The van der Waals surface area contributed by atoms with Crippen molar-refractivity contribution in [3.05, 3.63) is 119 Å². The van der Waals surface area contributed by atoms with Gasteiger partial charge in [-0.25, -0.2) is 0 Å². The summed E-state index contributed by atoms with van der Waals surface area (Å²) in [5, 5.41) is 6.27. The van der Waals surface area contributed by atoms with Gasteiger partial charge in [-0.3, -0.25) is 9.59 Å². The first kappa shape index (κ1) is 28.0. The van der Waals surface area contributed by atoms with E-state index in [0.29, 0.717) is 45.3 Å². The van der Waals surface area contributed by atoms with Crippen LogP contribution in [0.25, 0.3) is 0 Å². The minimum absolute atomic E-state index is 0.337. The summed E-state index contributed by atoms with van der Waals surface area (Å²) in [5.74, 6) is 1.44. The summed E-state index contributed by atoms with van der Waals surface area (Å²) in [6.45, 7) is 0. The van der Waals surface area contributed by atoms with Crippen LogP contribution in [0.15, 0.2) is 97.1 Å². The standard InChI is InChI=1S/C32H32N2O6/c1-37-23-15-17-27(39-3)25(19-23)29(33-31(35)21-11-7-5-8-12-21)30(34-32(36)22-13-9-6-10-14-22)26-20-24(38-2)16-18-28(26)40-4/h5-20,29-30H,1-4H3,(H,33,35)(H,34,36)/t29-,30-/m0/s1. The minimum Gasteiger partial charge on any atom is -0.497 e. The summed E-state index contributed by atoms with van der Waals surface area (Å²) in [5.41, 5.74) is 2.10. The van der Waals surface area contributed by atoms with E-state index in [1.54, 1.807) is 113 Å². The van der Waals surface area contributed by atoms with Gasteiger partial charge in [0.2, 0.25) is 0 Å². The highest BCUT2D eigenvalue weighted by Crippen LogP contribution is 2.41. The van der Waals surface area contributed by atoms with Crippen molar-refractivity contribution in [2.75, 3.05) is 28.4 Å². The van der Waals surface area contributed by atoms with E-state index in [4.69, 9.17) is 18.9 Å². The maximum atomic E-state index is 13.6. The van der Waals surface area contributed by atoms with E-state index in [1.165, 1.54) is 0 Å². The molecule has 206 valence electrons. The average Bonchev–Trinajstić information content (AvgIpc) is 3.02. The Kier molecular flexibility index (Phi) is 9.25. The lowest BCUT2D eigenvalue weighted by Crippen LogP contribution is -2.41. The minimum atomic E-state index is -0.827. The number of rotatable bonds is 11. The molecule has 0 radical (unpaired) electrons. The van der Waals surface area contributed by atoms with Crippen molar-refractivity contribution in [1.29, 1.82) is 0 Å². The highest BCUT2D eigenvalue weighted by atomic mass is 16.5. The smallest absolute Gasteiger partial charge is 0.251 e. The number of hydrogen-bond donors (Lipinski definition) is 2. The summed E-state index contributed by atoms with van der Waals surface area (Å²) in [6.07, 6.45) is 0. The summed E-state index contributed by atoms with van der Waals surface area (Å²) in [4.78, 5) is 27.2. The lowest BCUT2D eigenvalue weighted by molar-refractivity contribution is 0.0880. The van der Waals surface area contributed by atoms with Gasteiger partial charge < -0.3 is 29.6 Å². The zero-order valence-electron chi connectivity index (χ0n) is 22.8. The predicted molar refractivity (Wildman–Crippen MR) is 152 cm³/mol. The van der Waals surface area contributed by atoms with Crippen LogP contribution in [-0.2, 0) is 0 Å². The quantitative estimate of drug-likeness (QED) is 0.266. The van der Waals surface area contributed by atoms with Gasteiger partial charge in [-0.2, -0.15) is 0 Å². The van der Waals surface area contributed by atoms with E-state index >= 15 is 0 Å². The van der Waals surface area contributed by atoms with Gasteiger partial charge in [0.25, 0.3) is 11.8 Å². The predicted octanol–water partition coefficient (Wildman–Crippen LogP) is 5.36. The van der Waals surface area contributed by atoms with Gasteiger partial charge in [0.15, 0.2) is 0 Å². The number of hydrogen-bond acceptors (Lipinski definition) is 6. The maximum absolute atomic E-state index is 13.6. The van der Waals surface area contributed by atoms with Crippen LogP contribution in [0, 0.1) is 0 Å². The number of methoxy groups -OCH3 is 4. The van der Waals surface area contributed by atoms with Crippen LogP contribution in [-0.4, -0.2) is 40.3 Å². The van der Waals surface area contributed by atoms with Gasteiger partial charge in [-0.05, 0) is 60.7 Å². The Labute approximate surface area is 233 Å². The normalized spacial score (nSPS) is 12.0. The first-order chi connectivity index (χ1) is 19.5. The molecule has 0 saturated heterocycles. The van der Waals surface area contributed by atoms with E-state index in [0.717, 1.165) is 0 Å². The summed E-state index contributed by atoms with van der Waals surface area (Å²) < 4.78 is 22.5. The molecule has 0 saturated carbocycles. The SMILES string of the molecule is COc1ccc(OC)c([C@H](NC(=O)c2ccccc2)[C@@H](NC(=O)c2ccccc2)c2cc(OC)ccc2OC)c1. The van der Waals surface area contributed by atoms with Gasteiger partial charge >= 0.3 is 0 Å². The van der Waals surface area contributed by atoms with Crippen molar-refractivity contribution >= 4 is 11.8 Å². The first-order valence-corrected chi connectivity index (χ1v) is 12.6. The third-order valence-electron chi connectivity index (χ3n) is 6.52. The van der Waals surface area contributed by atoms with Crippen molar-refractivity contribution in [2.24, 2.45) is 0 Å². The highest BCUT2D eigenvalue weighted by molar-refractivity contribution is 5.96. The van der Waals surface area contributed by atoms with Crippen LogP contribution in [0.1, 0.15) is 43.9 Å². The van der Waals surface area contributed by atoms with Crippen LogP contribution in [0.5, 0.6) is 23.0 Å². The van der Waals surface area contributed by atoms with Crippen LogP contribution >= 0.6 is 0 Å². The van der Waals surface area contributed by atoms with Crippen LogP contribution < -0.4 is 29.6 Å². The van der Waals surface area contributed by atoms with E-state index in [9.17, 15) is 9.59 Å². The largest absolute Gasteiger partial charge is 0.497 e. The molecule has 0 aromatic heterocycles. The molecule has 4 aromatic rings. The third kappa shape index (κ3) is 6.35. The Morgan fingerprint density at radius 1 is 0.525 bits per heavy atom. The Morgan fingerprint density at radius 3 is 1.23 bits per heavy atom. The molecular weight excluding hydrogens is 508 g/mol. The monoisotopic (exact) mass is 540 g/mol. The number of amides is 2. The second kappa shape index (κ2) is 13.2. The molecule has 2 N–H and O–H groups in total. The van der Waals surface area contributed by atoms with Gasteiger partial charge in [0.05, 0.1) is 40.5 Å². The van der Waals surface area contributed by atoms with Crippen LogP contribution in [0.2, 0.25) is 0 Å². The van der Waals surface area contributed by atoms with E-state index in [1.807, 2.05) is 12.1 Å². The second-order valence-corrected chi connectivity index (χ2v) is 8.85. The molecule has 2 atom stereocenters. The molecule has 8 heteroatoms. The molecule has 8 nitrogen and oxygen atoms in total. The van der Waals surface area contributed by atoms with Crippen molar-refractivity contribution in [2.45, 2.75) is 12.1 Å². The Hall–Kier alpha value is -4.98. The molecule has 0 spiro atoms. The lowest BCUT2D eigenvalue weighted by atomic mass is 9.90. The van der Waals surface area contributed by atoms with Gasteiger partial charge in [0.1, 0.15) is 23.0 Å². The third-order valence-corrected chi connectivity index (χ3v) is 6.52. The van der Waals surface area contributed by atoms with Gasteiger partial charge in [-0.1, -0.05) is 36.4 Å². The topological polar surface area (TPSA) is 95.1 Å². The van der Waals surface area contributed by atoms with Crippen LogP contribution in [0.4, 0.5) is 0 Å². The molecule has 0 aliphatic heterocycles. The number of ether oxygens (including phenoxy) is 4. The molecule has 0 aliphatic rings. The molecule has 4 aromatic carbocycles. The zero-order valence-corrected chi connectivity index (χ0v) is 22.8. The van der Waals surface area contributed by atoms with Crippen molar-refractivity contribution < 1.29 is 28.5 Å². The average molecular weight is 541 g/mol. The first-order valence-electron chi connectivity index (χ1n) is 12.6. The van der Waals surface area contributed by atoms with Crippen molar-refractivity contribution in [3.63, 3.8) is 0 Å². The number of carbonyl (C=O) groups is 2. The molecule has 0 heterocycles. The summed E-state index contributed by atoms with van der Waals surface area (Å²) in [6, 6.07) is 26.7. The number of benzene rings is 4. The molecule has 0 bridgehead atoms. The second-order valence-electron chi connectivity index (χ2n) is 8.85. The Bertz CT molecular complexity index is 1330. The Morgan fingerprint density at radius 2 is 0.900 bits per heavy atom. The highest BCUT2D eigenvalue weighted by Gasteiger charge is 2.33. The number of nitrogens with one attached hydrogen (secondary N) is 2. The lowest BCUT2D eigenvalue weighted by Gasteiger charge is -2.32. The summed E-state index contributed by atoms with van der Waals surface area (Å²) >= 11 is 0. The summed E-state index contributed by atoms with van der Waals surface area (Å²) in [7, 11) is 6.21. The molecule has 0 unspecified atom stereocenters. The van der Waals surface area contributed by atoms with E-state index < -0.39 is 12.1 Å². The molecule has 4 rings (SSSR count). The number of carbonyl (C=O) groups excluding carboxylic acids is 2. The van der Waals surface area contributed by atoms with E-state index in [-0.39, 0.29) is 11.8 Å². The molecule has 0 fully saturated rings. The van der Waals surface area contributed by atoms with Gasteiger partial charge in [0, 0.05) is 22.3 Å². The van der Waals surface area contributed by atoms with Gasteiger partial charge in [-0.15, -0.1) is 0 Å². The fourth-order valence-corrected chi connectivity index (χ4v) is 4.47. The molecule has 0 aliphatic carbocycles. The molecule has 40 heavy (non-hydrogen) atoms. The zero-order chi connectivity index (χ0) is 28.5. The van der Waals surface area contributed by atoms with Crippen molar-refractivity contribution in [1.82, 2.24) is 10.6 Å².